The van der Waals surface area contributed by atoms with E-state index in [0.29, 0.717) is 39.1 Å². The van der Waals surface area contributed by atoms with Crippen molar-refractivity contribution >= 4 is 11.9 Å². The third kappa shape index (κ3) is 5.37. The highest BCUT2D eigenvalue weighted by atomic mass is 16.5. The Kier molecular flexibility index (Phi) is 6.21. The molecule has 1 fully saturated rings. The Bertz CT molecular complexity index is 491. The molecule has 0 aliphatic carbocycles. The molecule has 1 amide bonds. The number of carbonyl (C=O) groups excluding carboxylic acids is 1. The van der Waals surface area contributed by atoms with Crippen LogP contribution in [-0.4, -0.2) is 54.3 Å². The van der Waals surface area contributed by atoms with Crippen molar-refractivity contribution in [2.75, 3.05) is 26.3 Å². The molecule has 6 nitrogen and oxygen atoms in total. The van der Waals surface area contributed by atoms with Gasteiger partial charge in [-0.05, 0) is 18.6 Å². The first kappa shape index (κ1) is 16.3. The zero-order chi connectivity index (χ0) is 15.8. The molecule has 2 rings (SSSR count). The summed E-state index contributed by atoms with van der Waals surface area (Å²) < 4.78 is 10.9. The largest absolute Gasteiger partial charge is 0.494 e. The number of aliphatic carboxylic acids is 1. The highest BCUT2D eigenvalue weighted by Gasteiger charge is 2.25. The standard InChI is InChI=1S/C16H21NO5/c18-15(7-4-9-21-13-5-2-1-3-6-13)17-8-10-22-14(12-17)11-16(19)20/h1-3,5-6,14H,4,7-12H2,(H,19,20). The molecule has 0 saturated carbocycles. The number of para-hydroxylation sites is 1. The van der Waals surface area contributed by atoms with Crippen LogP contribution >= 0.6 is 0 Å². The van der Waals surface area contributed by atoms with Gasteiger partial charge in [-0.1, -0.05) is 18.2 Å². The maximum atomic E-state index is 12.1. The SMILES string of the molecule is O=C(O)CC1CN(C(=O)CCCOc2ccccc2)CCO1. The van der Waals surface area contributed by atoms with Crippen LogP contribution in [0.25, 0.3) is 0 Å². The fourth-order valence-corrected chi connectivity index (χ4v) is 2.35. The summed E-state index contributed by atoms with van der Waals surface area (Å²) in [5.74, 6) is -0.0891. The van der Waals surface area contributed by atoms with Crippen molar-refractivity contribution in [2.45, 2.75) is 25.4 Å². The van der Waals surface area contributed by atoms with Crippen molar-refractivity contribution in [1.82, 2.24) is 4.90 Å². The van der Waals surface area contributed by atoms with Gasteiger partial charge in [-0.3, -0.25) is 9.59 Å². The second kappa shape index (κ2) is 8.38. The topological polar surface area (TPSA) is 76.1 Å². The van der Waals surface area contributed by atoms with Crippen molar-refractivity contribution in [2.24, 2.45) is 0 Å². The number of nitrogens with zero attached hydrogens (tertiary/aromatic N) is 1. The van der Waals surface area contributed by atoms with E-state index in [1.165, 1.54) is 0 Å². The molecule has 1 aliphatic heterocycles. The molecule has 1 N–H and O–H groups in total. The average Bonchev–Trinajstić information content (AvgIpc) is 2.52. The van der Waals surface area contributed by atoms with Gasteiger partial charge in [-0.2, -0.15) is 0 Å². The number of carboxylic acids is 1. The molecule has 6 heteroatoms. The van der Waals surface area contributed by atoms with E-state index in [1.807, 2.05) is 30.3 Å². The van der Waals surface area contributed by atoms with Gasteiger partial charge >= 0.3 is 5.97 Å². The molecule has 1 unspecified atom stereocenters. The lowest BCUT2D eigenvalue weighted by molar-refractivity contribution is -0.147. The van der Waals surface area contributed by atoms with Crippen molar-refractivity contribution < 1.29 is 24.2 Å². The first-order valence-corrected chi connectivity index (χ1v) is 7.44. The van der Waals surface area contributed by atoms with Gasteiger partial charge in [-0.15, -0.1) is 0 Å². The van der Waals surface area contributed by atoms with Crippen LogP contribution in [0.3, 0.4) is 0 Å². The third-order valence-electron chi connectivity index (χ3n) is 3.44. The van der Waals surface area contributed by atoms with Crippen LogP contribution in [0.15, 0.2) is 30.3 Å². The smallest absolute Gasteiger partial charge is 0.306 e. The molecule has 0 radical (unpaired) electrons. The van der Waals surface area contributed by atoms with Crippen molar-refractivity contribution in [1.29, 1.82) is 0 Å². The molecule has 1 saturated heterocycles. The number of rotatable bonds is 7. The van der Waals surface area contributed by atoms with Gasteiger partial charge in [-0.25, -0.2) is 0 Å². The first-order chi connectivity index (χ1) is 10.6. The van der Waals surface area contributed by atoms with Crippen LogP contribution < -0.4 is 4.74 Å². The van der Waals surface area contributed by atoms with E-state index >= 15 is 0 Å². The number of hydrogen-bond donors (Lipinski definition) is 1. The zero-order valence-electron chi connectivity index (χ0n) is 12.4. The van der Waals surface area contributed by atoms with Crippen LogP contribution in [0.1, 0.15) is 19.3 Å². The summed E-state index contributed by atoms with van der Waals surface area (Å²) in [5, 5.41) is 8.77. The Morgan fingerprint density at radius 2 is 2.09 bits per heavy atom. The molecule has 1 heterocycles. The number of morpholine rings is 1. The van der Waals surface area contributed by atoms with Gasteiger partial charge in [0.2, 0.25) is 5.91 Å². The number of benzene rings is 1. The molecular weight excluding hydrogens is 286 g/mol. The highest BCUT2D eigenvalue weighted by Crippen LogP contribution is 2.12. The van der Waals surface area contributed by atoms with Crippen molar-refractivity contribution in [3.63, 3.8) is 0 Å². The van der Waals surface area contributed by atoms with Crippen LogP contribution in [0.4, 0.5) is 0 Å². The molecule has 1 aliphatic rings. The number of carboxylic acid groups (broad SMARTS) is 1. The molecule has 1 aromatic rings. The average molecular weight is 307 g/mol. The maximum absolute atomic E-state index is 12.1. The second-order valence-corrected chi connectivity index (χ2v) is 5.20. The first-order valence-electron chi connectivity index (χ1n) is 7.44. The molecular formula is C16H21NO5. The van der Waals surface area contributed by atoms with Gasteiger partial charge in [0.05, 0.1) is 25.7 Å². The lowest BCUT2D eigenvalue weighted by atomic mass is 10.2. The Balaban J connectivity index is 1.67. The molecule has 22 heavy (non-hydrogen) atoms. The predicted octanol–water partition coefficient (Wildman–Crippen LogP) is 1.55. The molecule has 0 spiro atoms. The van der Waals surface area contributed by atoms with Crippen LogP contribution in [0.2, 0.25) is 0 Å². The summed E-state index contributed by atoms with van der Waals surface area (Å²) in [5.41, 5.74) is 0. The van der Waals surface area contributed by atoms with Crippen molar-refractivity contribution in [3.8, 4) is 5.75 Å². The van der Waals surface area contributed by atoms with Gasteiger partial charge < -0.3 is 19.5 Å². The fraction of sp³-hybridized carbons (Fsp3) is 0.500. The number of amides is 1. The van der Waals surface area contributed by atoms with Gasteiger partial charge in [0, 0.05) is 19.5 Å². The molecule has 0 aromatic heterocycles. The van der Waals surface area contributed by atoms with E-state index in [0.717, 1.165) is 5.75 Å². The fourth-order valence-electron chi connectivity index (χ4n) is 2.35. The normalized spacial score (nSPS) is 18.0. The summed E-state index contributed by atoms with van der Waals surface area (Å²) in [4.78, 5) is 24.5. The van der Waals surface area contributed by atoms with E-state index in [1.54, 1.807) is 4.90 Å². The Morgan fingerprint density at radius 3 is 2.82 bits per heavy atom. The van der Waals surface area contributed by atoms with E-state index in [-0.39, 0.29) is 12.3 Å². The monoisotopic (exact) mass is 307 g/mol. The quantitative estimate of drug-likeness (QED) is 0.773. The van der Waals surface area contributed by atoms with E-state index in [4.69, 9.17) is 14.6 Å². The summed E-state index contributed by atoms with van der Waals surface area (Å²) in [6, 6.07) is 9.47. The summed E-state index contributed by atoms with van der Waals surface area (Å²) >= 11 is 0. The molecule has 120 valence electrons. The van der Waals surface area contributed by atoms with E-state index in [9.17, 15) is 9.59 Å². The van der Waals surface area contributed by atoms with Crippen LogP contribution in [0, 0.1) is 0 Å². The Labute approximate surface area is 129 Å². The van der Waals surface area contributed by atoms with Crippen LogP contribution in [-0.2, 0) is 14.3 Å². The number of hydrogen-bond acceptors (Lipinski definition) is 4. The molecule has 1 aromatic carbocycles. The van der Waals surface area contributed by atoms with Gasteiger partial charge in [0.1, 0.15) is 5.75 Å². The zero-order valence-corrected chi connectivity index (χ0v) is 12.4. The number of carbonyl (C=O) groups is 2. The lowest BCUT2D eigenvalue weighted by Gasteiger charge is -2.32. The van der Waals surface area contributed by atoms with Gasteiger partial charge in [0.25, 0.3) is 0 Å². The summed E-state index contributed by atoms with van der Waals surface area (Å²) in [6.07, 6.45) is 0.554. The van der Waals surface area contributed by atoms with E-state index < -0.39 is 12.1 Å². The summed E-state index contributed by atoms with van der Waals surface area (Å²) in [6.45, 7) is 1.75. The Morgan fingerprint density at radius 1 is 1.32 bits per heavy atom. The maximum Gasteiger partial charge on any atom is 0.306 e. The van der Waals surface area contributed by atoms with Crippen LogP contribution in [0.5, 0.6) is 5.75 Å². The number of ether oxygens (including phenoxy) is 2. The minimum Gasteiger partial charge on any atom is -0.494 e. The third-order valence-corrected chi connectivity index (χ3v) is 3.44. The molecule has 0 bridgehead atoms. The van der Waals surface area contributed by atoms with Crippen molar-refractivity contribution in [3.05, 3.63) is 30.3 Å². The minimum absolute atomic E-state index is 0.0235. The lowest BCUT2D eigenvalue weighted by Crippen LogP contribution is -2.46. The predicted molar refractivity (Wildman–Crippen MR) is 79.7 cm³/mol. The second-order valence-electron chi connectivity index (χ2n) is 5.20. The van der Waals surface area contributed by atoms with Gasteiger partial charge in [0.15, 0.2) is 0 Å². The minimum atomic E-state index is -0.907. The molecule has 1 atom stereocenters. The highest BCUT2D eigenvalue weighted by molar-refractivity contribution is 5.76. The summed E-state index contributed by atoms with van der Waals surface area (Å²) in [7, 11) is 0. The van der Waals surface area contributed by atoms with E-state index in [2.05, 4.69) is 0 Å². The Hall–Kier alpha value is -2.08.